The van der Waals surface area contributed by atoms with Crippen molar-refractivity contribution in [2.24, 2.45) is 0 Å². The summed E-state index contributed by atoms with van der Waals surface area (Å²) in [5.41, 5.74) is 1.86. The highest BCUT2D eigenvalue weighted by Crippen LogP contribution is 2.31. The van der Waals surface area contributed by atoms with Crippen LogP contribution in [0.4, 0.5) is 10.1 Å². The molecule has 3 nitrogen and oxygen atoms in total. The Morgan fingerprint density at radius 1 is 1.33 bits per heavy atom. The van der Waals surface area contributed by atoms with E-state index in [9.17, 15) is 4.39 Å². The van der Waals surface area contributed by atoms with E-state index >= 15 is 0 Å². The van der Waals surface area contributed by atoms with E-state index in [1.54, 1.807) is 6.07 Å². The average Bonchev–Trinajstić information content (AvgIpc) is 2.48. The summed E-state index contributed by atoms with van der Waals surface area (Å²) in [7, 11) is 2.16. The van der Waals surface area contributed by atoms with Crippen LogP contribution in [0, 0.1) is 5.82 Å². The highest BCUT2D eigenvalue weighted by molar-refractivity contribution is 5.56. The van der Waals surface area contributed by atoms with E-state index in [2.05, 4.69) is 42.9 Å². The molecule has 0 saturated carbocycles. The van der Waals surface area contributed by atoms with Gasteiger partial charge in [0.2, 0.25) is 0 Å². The maximum Gasteiger partial charge on any atom is 0.146 e. The Morgan fingerprint density at radius 3 is 2.76 bits per heavy atom. The predicted molar refractivity (Wildman–Crippen MR) is 87.4 cm³/mol. The topological polar surface area (TPSA) is 18.5 Å². The second-order valence-electron chi connectivity index (χ2n) is 5.95. The van der Waals surface area contributed by atoms with Gasteiger partial charge in [0, 0.05) is 31.7 Å². The van der Waals surface area contributed by atoms with Gasteiger partial charge in [0.1, 0.15) is 5.82 Å². The largest absolute Gasteiger partial charge is 0.366 e. The molecule has 0 bridgehead atoms. The van der Waals surface area contributed by atoms with Crippen molar-refractivity contribution in [3.8, 4) is 0 Å². The Hall–Kier alpha value is -1.13. The second kappa shape index (κ2) is 7.23. The Morgan fingerprint density at radius 2 is 2.10 bits per heavy atom. The summed E-state index contributed by atoms with van der Waals surface area (Å²) in [6.07, 6.45) is 1.10. The van der Waals surface area contributed by atoms with Crippen molar-refractivity contribution in [1.82, 2.24) is 10.2 Å². The van der Waals surface area contributed by atoms with Gasteiger partial charge in [-0.25, -0.2) is 4.39 Å². The third-order valence-electron chi connectivity index (χ3n) is 4.56. The van der Waals surface area contributed by atoms with Crippen molar-refractivity contribution in [3.05, 3.63) is 29.6 Å². The summed E-state index contributed by atoms with van der Waals surface area (Å²) >= 11 is 0. The van der Waals surface area contributed by atoms with Gasteiger partial charge < -0.3 is 10.2 Å². The summed E-state index contributed by atoms with van der Waals surface area (Å²) in [5, 5.41) is 3.40. The lowest BCUT2D eigenvalue weighted by atomic mass is 10.0. The van der Waals surface area contributed by atoms with Gasteiger partial charge in [0.15, 0.2) is 0 Å². The van der Waals surface area contributed by atoms with Crippen molar-refractivity contribution >= 4 is 5.69 Å². The number of rotatable bonds is 5. The lowest BCUT2D eigenvalue weighted by molar-refractivity contribution is 0.212. The van der Waals surface area contributed by atoms with Crippen LogP contribution in [0.15, 0.2) is 18.2 Å². The highest BCUT2D eigenvalue weighted by atomic mass is 19.1. The number of anilines is 1. The number of halogens is 1. The van der Waals surface area contributed by atoms with Crippen LogP contribution in [0.1, 0.15) is 38.8 Å². The summed E-state index contributed by atoms with van der Waals surface area (Å²) in [6, 6.07) is 6.11. The van der Waals surface area contributed by atoms with Crippen molar-refractivity contribution < 1.29 is 4.39 Å². The molecule has 4 heteroatoms. The molecule has 2 rings (SSSR count). The standard InChI is InChI=1S/C17H28FN3/c1-5-14-12-21(11-10-20(14)4)17-15(13(3)19-6-2)8-7-9-16(17)18/h7-9,13-14,19H,5-6,10-12H2,1-4H3. The Balaban J connectivity index is 2.30. The predicted octanol–water partition coefficient (Wildman–Crippen LogP) is 3.03. The molecule has 21 heavy (non-hydrogen) atoms. The fourth-order valence-corrected chi connectivity index (χ4v) is 3.22. The lowest BCUT2D eigenvalue weighted by Gasteiger charge is -2.41. The summed E-state index contributed by atoms with van der Waals surface area (Å²) in [5.74, 6) is -0.100. The van der Waals surface area contributed by atoms with Crippen molar-refractivity contribution in [2.75, 3.05) is 38.1 Å². The molecular formula is C17H28FN3. The summed E-state index contributed by atoms with van der Waals surface area (Å²) < 4.78 is 14.5. The third-order valence-corrected chi connectivity index (χ3v) is 4.56. The first-order chi connectivity index (χ1) is 10.1. The molecule has 0 aliphatic carbocycles. The maximum absolute atomic E-state index is 14.5. The van der Waals surface area contributed by atoms with Crippen LogP contribution in [0.25, 0.3) is 0 Å². The molecular weight excluding hydrogens is 265 g/mol. The molecule has 0 amide bonds. The number of benzene rings is 1. The smallest absolute Gasteiger partial charge is 0.146 e. The van der Waals surface area contributed by atoms with Gasteiger partial charge in [0.05, 0.1) is 5.69 Å². The maximum atomic E-state index is 14.5. The molecule has 118 valence electrons. The van der Waals surface area contributed by atoms with Gasteiger partial charge in [-0.15, -0.1) is 0 Å². The Bertz CT molecular complexity index is 463. The Labute approximate surface area is 128 Å². The highest BCUT2D eigenvalue weighted by Gasteiger charge is 2.27. The molecule has 0 radical (unpaired) electrons. The van der Waals surface area contributed by atoms with Gasteiger partial charge >= 0.3 is 0 Å². The molecule has 1 fully saturated rings. The molecule has 2 unspecified atom stereocenters. The molecule has 2 atom stereocenters. The first-order valence-corrected chi connectivity index (χ1v) is 8.05. The zero-order valence-corrected chi connectivity index (χ0v) is 13.7. The van der Waals surface area contributed by atoms with Crippen molar-refractivity contribution in [1.29, 1.82) is 0 Å². The van der Waals surface area contributed by atoms with Crippen LogP contribution in [0.5, 0.6) is 0 Å². The van der Waals surface area contributed by atoms with E-state index in [0.29, 0.717) is 6.04 Å². The lowest BCUT2D eigenvalue weighted by Crippen LogP contribution is -2.51. The number of para-hydroxylation sites is 1. The minimum atomic E-state index is -0.100. The molecule has 1 saturated heterocycles. The zero-order valence-electron chi connectivity index (χ0n) is 13.7. The van der Waals surface area contributed by atoms with Crippen LogP contribution >= 0.6 is 0 Å². The number of hydrogen-bond acceptors (Lipinski definition) is 3. The van der Waals surface area contributed by atoms with E-state index in [1.807, 2.05) is 12.1 Å². The molecule has 1 aliphatic rings. The third kappa shape index (κ3) is 3.55. The van der Waals surface area contributed by atoms with Gasteiger partial charge in [-0.2, -0.15) is 0 Å². The number of piperazine rings is 1. The van der Waals surface area contributed by atoms with Gasteiger partial charge in [-0.3, -0.25) is 4.90 Å². The number of likely N-dealkylation sites (N-methyl/N-ethyl adjacent to an activating group) is 1. The van der Waals surface area contributed by atoms with E-state index in [0.717, 1.165) is 43.9 Å². The second-order valence-corrected chi connectivity index (χ2v) is 5.95. The zero-order chi connectivity index (χ0) is 15.4. The number of nitrogens with zero attached hydrogens (tertiary/aromatic N) is 2. The minimum Gasteiger partial charge on any atom is -0.366 e. The van der Waals surface area contributed by atoms with E-state index in [-0.39, 0.29) is 11.9 Å². The molecule has 1 aromatic rings. The van der Waals surface area contributed by atoms with Gasteiger partial charge in [-0.05, 0) is 38.6 Å². The molecule has 0 aromatic heterocycles. The monoisotopic (exact) mass is 293 g/mol. The Kier molecular flexibility index (Phi) is 5.59. The fraction of sp³-hybridized carbons (Fsp3) is 0.647. The molecule has 1 aliphatic heterocycles. The SMILES string of the molecule is CCNC(C)c1cccc(F)c1N1CCN(C)C(CC)C1. The van der Waals surface area contributed by atoms with Crippen LogP contribution < -0.4 is 10.2 Å². The van der Waals surface area contributed by atoms with E-state index < -0.39 is 0 Å². The van der Waals surface area contributed by atoms with Gasteiger partial charge in [-0.1, -0.05) is 26.0 Å². The molecule has 1 N–H and O–H groups in total. The van der Waals surface area contributed by atoms with Crippen LogP contribution in [0.2, 0.25) is 0 Å². The van der Waals surface area contributed by atoms with Crippen molar-refractivity contribution in [2.45, 2.75) is 39.3 Å². The molecule has 1 heterocycles. The van der Waals surface area contributed by atoms with Crippen molar-refractivity contribution in [3.63, 3.8) is 0 Å². The average molecular weight is 293 g/mol. The summed E-state index contributed by atoms with van der Waals surface area (Å²) in [6.45, 7) is 10.1. The molecule has 1 aromatic carbocycles. The number of hydrogen-bond donors (Lipinski definition) is 1. The van der Waals surface area contributed by atoms with E-state index in [1.165, 1.54) is 0 Å². The quantitative estimate of drug-likeness (QED) is 0.900. The number of nitrogens with one attached hydrogen (secondary N) is 1. The summed E-state index contributed by atoms with van der Waals surface area (Å²) in [4.78, 5) is 4.61. The molecule has 0 spiro atoms. The van der Waals surface area contributed by atoms with Crippen LogP contribution in [0.3, 0.4) is 0 Å². The fourth-order valence-electron chi connectivity index (χ4n) is 3.22. The van der Waals surface area contributed by atoms with Crippen LogP contribution in [-0.4, -0.2) is 44.2 Å². The van der Waals surface area contributed by atoms with Gasteiger partial charge in [0.25, 0.3) is 0 Å². The minimum absolute atomic E-state index is 0.100. The van der Waals surface area contributed by atoms with Crippen LogP contribution in [-0.2, 0) is 0 Å². The first-order valence-electron chi connectivity index (χ1n) is 8.05. The first kappa shape index (κ1) is 16.2. The van der Waals surface area contributed by atoms with E-state index in [4.69, 9.17) is 0 Å². The normalized spacial score (nSPS) is 21.6.